The van der Waals surface area contributed by atoms with Gasteiger partial charge in [-0.1, -0.05) is 0 Å². The van der Waals surface area contributed by atoms with E-state index in [0.29, 0.717) is 23.4 Å². The number of carbonyl (C=O) groups excluding carboxylic acids is 3. The van der Waals surface area contributed by atoms with Crippen molar-refractivity contribution in [2.45, 2.75) is 60.0 Å². The van der Waals surface area contributed by atoms with Crippen LogP contribution in [0.4, 0.5) is 4.79 Å². The van der Waals surface area contributed by atoms with Gasteiger partial charge in [-0.05, 0) is 54.0 Å². The van der Waals surface area contributed by atoms with Gasteiger partial charge in [0.2, 0.25) is 0 Å². The van der Waals surface area contributed by atoms with Crippen LogP contribution in [0.2, 0.25) is 0 Å². The first kappa shape index (κ1) is 23.7. The maximum atomic E-state index is 13.2. The number of carbonyl (C=O) groups is 3. The molecule has 2 N–H and O–H groups in total. The van der Waals surface area contributed by atoms with Crippen LogP contribution >= 0.6 is 0 Å². The van der Waals surface area contributed by atoms with Crippen LogP contribution in [0.15, 0.2) is 0 Å². The van der Waals surface area contributed by atoms with Gasteiger partial charge < -0.3 is 24.7 Å². The topological polar surface area (TPSA) is 101 Å². The zero-order valence-corrected chi connectivity index (χ0v) is 18.2. The molecule has 8 nitrogen and oxygen atoms in total. The summed E-state index contributed by atoms with van der Waals surface area (Å²) < 4.78 is 10.1. The lowest BCUT2D eigenvalue weighted by Crippen LogP contribution is -2.54. The predicted octanol–water partition coefficient (Wildman–Crippen LogP) is 2.84. The Hall–Kier alpha value is -2.35. The summed E-state index contributed by atoms with van der Waals surface area (Å²) in [4.78, 5) is 42.5. The van der Waals surface area contributed by atoms with Crippen molar-refractivity contribution in [2.24, 2.45) is 0 Å². The van der Waals surface area contributed by atoms with Crippen molar-refractivity contribution in [3.8, 4) is 0 Å². The van der Waals surface area contributed by atoms with Crippen molar-refractivity contribution in [3.63, 3.8) is 0 Å². The normalized spacial score (nSPS) is 12.4. The van der Waals surface area contributed by atoms with Crippen LogP contribution in [0.5, 0.6) is 0 Å². The molecule has 0 aliphatic heterocycles. The first-order valence-corrected chi connectivity index (χ1v) is 9.42. The number of methoxy groups -OCH3 is 1. The number of urea groups is 1. The third-order valence-electron chi connectivity index (χ3n) is 4.29. The number of H-pyrrole nitrogens is 1. The molecule has 0 spiro atoms. The molecule has 1 heterocycles. The Bertz CT molecular complexity index is 718. The summed E-state index contributed by atoms with van der Waals surface area (Å²) in [5, 5.41) is 2.88. The highest BCUT2D eigenvalue weighted by atomic mass is 16.5. The van der Waals surface area contributed by atoms with Crippen molar-refractivity contribution in [1.29, 1.82) is 0 Å². The summed E-state index contributed by atoms with van der Waals surface area (Å²) in [5.41, 5.74) is 1.32. The number of aromatic nitrogens is 1. The van der Waals surface area contributed by atoms with E-state index in [1.807, 2.05) is 20.8 Å². The van der Waals surface area contributed by atoms with E-state index in [4.69, 9.17) is 9.47 Å². The van der Waals surface area contributed by atoms with E-state index < -0.39 is 17.6 Å². The fourth-order valence-corrected chi connectivity index (χ4v) is 2.93. The first-order chi connectivity index (χ1) is 12.9. The maximum Gasteiger partial charge on any atom is 0.355 e. The quantitative estimate of drug-likeness (QED) is 0.521. The van der Waals surface area contributed by atoms with E-state index in [9.17, 15) is 14.4 Å². The summed E-state index contributed by atoms with van der Waals surface area (Å²) in [6, 6.07) is -1.08. The molecule has 0 radical (unpaired) electrons. The summed E-state index contributed by atoms with van der Waals surface area (Å²) in [6.07, 6.45) is 0. The predicted molar refractivity (Wildman–Crippen MR) is 107 cm³/mol. The fourth-order valence-electron chi connectivity index (χ4n) is 2.93. The van der Waals surface area contributed by atoms with E-state index >= 15 is 0 Å². The summed E-state index contributed by atoms with van der Waals surface area (Å²) >= 11 is 0. The number of Topliss-reactive ketones (excluding diaryl/α,β-unsaturated/α-hetero) is 1. The van der Waals surface area contributed by atoms with Crippen molar-refractivity contribution in [3.05, 3.63) is 22.5 Å². The highest BCUT2D eigenvalue weighted by Crippen LogP contribution is 2.22. The molecule has 0 aliphatic carbocycles. The molecule has 0 unspecified atom stereocenters. The summed E-state index contributed by atoms with van der Waals surface area (Å²) in [6.45, 7) is 13.2. The first-order valence-electron chi connectivity index (χ1n) is 9.42. The highest BCUT2D eigenvalue weighted by molar-refractivity contribution is 6.06. The van der Waals surface area contributed by atoms with Crippen molar-refractivity contribution < 1.29 is 23.9 Å². The van der Waals surface area contributed by atoms with E-state index in [1.165, 1.54) is 4.90 Å². The minimum atomic E-state index is -0.735. The van der Waals surface area contributed by atoms with Crippen LogP contribution in [0, 0.1) is 13.8 Å². The van der Waals surface area contributed by atoms with Crippen LogP contribution in [0.3, 0.4) is 0 Å². The Labute approximate surface area is 167 Å². The standard InChI is InChI=1S/C20H33N3O5/c1-9-28-18(25)16-12(2)15(13(3)21-16)17(24)14(4)23(10-11-27-8)19(26)22-20(5,6)7/h14,21H,9-11H2,1-8H3,(H,22,26)/t14-/m0/s1. The van der Waals surface area contributed by atoms with Crippen LogP contribution in [-0.2, 0) is 9.47 Å². The van der Waals surface area contributed by atoms with Crippen molar-refractivity contribution in [1.82, 2.24) is 15.2 Å². The smallest absolute Gasteiger partial charge is 0.355 e. The zero-order chi connectivity index (χ0) is 21.6. The number of hydrogen-bond acceptors (Lipinski definition) is 5. The zero-order valence-electron chi connectivity index (χ0n) is 18.2. The number of aryl methyl sites for hydroxylation is 1. The minimum Gasteiger partial charge on any atom is -0.461 e. The molecular weight excluding hydrogens is 362 g/mol. The van der Waals surface area contributed by atoms with Gasteiger partial charge in [0.25, 0.3) is 0 Å². The third-order valence-corrected chi connectivity index (χ3v) is 4.29. The molecule has 2 amide bonds. The summed E-state index contributed by atoms with van der Waals surface area (Å²) in [5.74, 6) is -0.751. The second-order valence-electron chi connectivity index (χ2n) is 7.75. The lowest BCUT2D eigenvalue weighted by Gasteiger charge is -2.32. The highest BCUT2D eigenvalue weighted by Gasteiger charge is 2.32. The molecule has 0 aliphatic rings. The van der Waals surface area contributed by atoms with Gasteiger partial charge in [-0.3, -0.25) is 4.79 Å². The van der Waals surface area contributed by atoms with Crippen LogP contribution in [-0.4, -0.2) is 66.1 Å². The van der Waals surface area contributed by atoms with Crippen LogP contribution in [0.25, 0.3) is 0 Å². The van der Waals surface area contributed by atoms with Gasteiger partial charge in [0.05, 0.1) is 19.3 Å². The summed E-state index contributed by atoms with van der Waals surface area (Å²) in [7, 11) is 1.54. The number of ketones is 1. The molecule has 28 heavy (non-hydrogen) atoms. The third kappa shape index (κ3) is 5.82. The Kier molecular flexibility index (Phi) is 8.23. The van der Waals surface area contributed by atoms with Gasteiger partial charge in [-0.2, -0.15) is 0 Å². The van der Waals surface area contributed by atoms with Gasteiger partial charge in [0, 0.05) is 30.5 Å². The van der Waals surface area contributed by atoms with Crippen molar-refractivity contribution in [2.75, 3.05) is 26.9 Å². The largest absolute Gasteiger partial charge is 0.461 e. The number of rotatable bonds is 8. The van der Waals surface area contributed by atoms with E-state index in [-0.39, 0.29) is 30.7 Å². The number of ether oxygens (including phenoxy) is 2. The SMILES string of the molecule is CCOC(=O)c1[nH]c(C)c(C(=O)[C@H](C)N(CCOC)C(=O)NC(C)(C)C)c1C. The lowest BCUT2D eigenvalue weighted by atomic mass is 10.00. The Morgan fingerprint density at radius 3 is 2.32 bits per heavy atom. The number of amides is 2. The Morgan fingerprint density at radius 1 is 1.21 bits per heavy atom. The number of esters is 1. The number of nitrogens with zero attached hydrogens (tertiary/aromatic N) is 1. The van der Waals surface area contributed by atoms with Crippen LogP contribution in [0.1, 0.15) is 66.7 Å². The molecule has 1 atom stereocenters. The van der Waals surface area contributed by atoms with Gasteiger partial charge in [-0.25, -0.2) is 9.59 Å². The second-order valence-corrected chi connectivity index (χ2v) is 7.75. The molecule has 0 saturated heterocycles. The maximum absolute atomic E-state index is 13.2. The number of nitrogens with one attached hydrogen (secondary N) is 2. The number of hydrogen-bond donors (Lipinski definition) is 2. The van der Waals surface area contributed by atoms with Gasteiger partial charge in [-0.15, -0.1) is 0 Å². The molecule has 1 rings (SSSR count). The second kappa shape index (κ2) is 9.73. The van der Waals surface area contributed by atoms with E-state index in [1.54, 1.807) is 34.8 Å². The van der Waals surface area contributed by atoms with Gasteiger partial charge in [0.15, 0.2) is 5.78 Å². The molecule has 8 heteroatoms. The monoisotopic (exact) mass is 395 g/mol. The molecule has 0 aromatic carbocycles. The number of aromatic amines is 1. The Balaban J connectivity index is 3.19. The average molecular weight is 396 g/mol. The molecule has 1 aromatic rings. The van der Waals surface area contributed by atoms with Gasteiger partial charge in [0.1, 0.15) is 5.69 Å². The van der Waals surface area contributed by atoms with E-state index in [0.717, 1.165) is 0 Å². The van der Waals surface area contributed by atoms with E-state index in [2.05, 4.69) is 10.3 Å². The van der Waals surface area contributed by atoms with Crippen molar-refractivity contribution >= 4 is 17.8 Å². The average Bonchev–Trinajstić information content (AvgIpc) is 2.87. The molecular formula is C20H33N3O5. The fraction of sp³-hybridized carbons (Fsp3) is 0.650. The van der Waals surface area contributed by atoms with Crippen LogP contribution < -0.4 is 5.32 Å². The minimum absolute atomic E-state index is 0.244. The molecule has 0 fully saturated rings. The Morgan fingerprint density at radius 2 is 1.82 bits per heavy atom. The molecule has 0 bridgehead atoms. The molecule has 1 aromatic heterocycles. The molecule has 158 valence electrons. The molecule has 0 saturated carbocycles. The lowest BCUT2D eigenvalue weighted by molar-refractivity contribution is 0.0519. The van der Waals surface area contributed by atoms with Gasteiger partial charge >= 0.3 is 12.0 Å².